The summed E-state index contributed by atoms with van der Waals surface area (Å²) >= 11 is 11.4. The first kappa shape index (κ1) is 12.9. The molecule has 0 aliphatic rings. The molecule has 0 atom stereocenters. The third-order valence-corrected chi connectivity index (χ3v) is 2.50. The highest BCUT2D eigenvalue weighted by Gasteiger charge is 2.19. The van der Waals surface area contributed by atoms with Crippen LogP contribution in [-0.4, -0.2) is 16.4 Å². The number of aromatic hydroxyl groups is 1. The molecule has 0 aliphatic carbocycles. The molecule has 4 nitrogen and oxygen atoms in total. The van der Waals surface area contributed by atoms with Gasteiger partial charge < -0.3 is 14.9 Å². The second kappa shape index (κ2) is 5.27. The number of phenols is 1. The van der Waals surface area contributed by atoms with Gasteiger partial charge in [-0.15, -0.1) is 0 Å². The number of phenolic OH excluding ortho intramolecular Hbond substituents is 1. The van der Waals surface area contributed by atoms with Crippen LogP contribution in [0.5, 0.6) is 11.5 Å². The summed E-state index contributed by atoms with van der Waals surface area (Å²) in [7, 11) is 0. The zero-order valence-corrected chi connectivity index (χ0v) is 9.92. The van der Waals surface area contributed by atoms with Crippen LogP contribution >= 0.6 is 23.2 Å². The predicted octanol–water partition coefficient (Wildman–Crippen LogP) is 3.49. The van der Waals surface area contributed by atoms with Crippen LogP contribution in [-0.2, 0) is 6.42 Å². The lowest BCUT2D eigenvalue weighted by Crippen LogP contribution is -2.04. The van der Waals surface area contributed by atoms with Gasteiger partial charge in [-0.1, -0.05) is 36.2 Å². The highest BCUT2D eigenvalue weighted by atomic mass is 35.5. The van der Waals surface area contributed by atoms with Crippen molar-refractivity contribution in [1.29, 1.82) is 0 Å². The lowest BCUT2D eigenvalue weighted by molar-refractivity contribution is 0.143. The van der Waals surface area contributed by atoms with E-state index in [1.165, 1.54) is 6.07 Å². The van der Waals surface area contributed by atoms with Crippen LogP contribution in [0.25, 0.3) is 0 Å². The van der Waals surface area contributed by atoms with Gasteiger partial charge in [-0.3, -0.25) is 0 Å². The first-order valence-electron chi connectivity index (χ1n) is 4.51. The number of ether oxygens (including phenoxy) is 1. The van der Waals surface area contributed by atoms with Crippen molar-refractivity contribution in [3.8, 4) is 11.5 Å². The largest absolute Gasteiger partial charge is 0.511 e. The molecular formula is C10H10Cl2O4. The van der Waals surface area contributed by atoms with E-state index in [4.69, 9.17) is 28.3 Å². The van der Waals surface area contributed by atoms with Gasteiger partial charge in [-0.25, -0.2) is 4.79 Å². The highest BCUT2D eigenvalue weighted by molar-refractivity contribution is 6.44. The van der Waals surface area contributed by atoms with E-state index in [0.717, 1.165) is 5.56 Å². The molecule has 0 amide bonds. The van der Waals surface area contributed by atoms with E-state index in [0.29, 0.717) is 6.42 Å². The number of carbonyl (C=O) groups is 1. The Morgan fingerprint density at radius 2 is 2.12 bits per heavy atom. The fourth-order valence-corrected chi connectivity index (χ4v) is 1.85. The molecule has 0 radical (unpaired) electrons. The van der Waals surface area contributed by atoms with E-state index in [1.807, 2.05) is 6.92 Å². The molecule has 16 heavy (non-hydrogen) atoms. The molecule has 6 heteroatoms. The number of hydrogen-bond acceptors (Lipinski definition) is 3. The van der Waals surface area contributed by atoms with Crippen LogP contribution in [0.2, 0.25) is 0 Å². The first-order valence-corrected chi connectivity index (χ1v) is 5.38. The average Bonchev–Trinajstić information content (AvgIpc) is 2.19. The van der Waals surface area contributed by atoms with E-state index in [9.17, 15) is 9.90 Å². The van der Waals surface area contributed by atoms with Crippen LogP contribution in [0, 0.1) is 0 Å². The molecule has 1 aromatic rings. The monoisotopic (exact) mass is 264 g/mol. The minimum Gasteiger partial charge on any atom is -0.504 e. The van der Waals surface area contributed by atoms with Gasteiger partial charge in [0, 0.05) is 5.56 Å². The van der Waals surface area contributed by atoms with Gasteiger partial charge >= 0.3 is 6.16 Å². The minimum atomic E-state index is -1.51. The van der Waals surface area contributed by atoms with E-state index in [2.05, 4.69) is 4.74 Å². The zero-order valence-electron chi connectivity index (χ0n) is 8.41. The van der Waals surface area contributed by atoms with Crippen LogP contribution in [0.3, 0.4) is 0 Å². The lowest BCUT2D eigenvalue weighted by atomic mass is 10.0. The molecule has 88 valence electrons. The molecule has 0 fully saturated rings. The Bertz CT molecular complexity index is 404. The average molecular weight is 265 g/mol. The van der Waals surface area contributed by atoms with Crippen molar-refractivity contribution in [1.82, 2.24) is 0 Å². The van der Waals surface area contributed by atoms with E-state index in [1.54, 1.807) is 6.07 Å². The van der Waals surface area contributed by atoms with Crippen LogP contribution in [0.15, 0.2) is 12.1 Å². The van der Waals surface area contributed by atoms with Gasteiger partial charge in [0.05, 0.1) is 0 Å². The summed E-state index contributed by atoms with van der Waals surface area (Å²) in [5.41, 5.74) is 1.02. The van der Waals surface area contributed by atoms with Crippen molar-refractivity contribution in [3.05, 3.63) is 23.3 Å². The van der Waals surface area contributed by atoms with Crippen molar-refractivity contribution >= 4 is 29.4 Å². The SMILES string of the molecule is CCc1ccc(OC(=O)O)c(O)c1C(Cl)Cl. The van der Waals surface area contributed by atoms with Crippen LogP contribution in [0.4, 0.5) is 4.79 Å². The molecule has 0 saturated carbocycles. The Morgan fingerprint density at radius 1 is 1.50 bits per heavy atom. The summed E-state index contributed by atoms with van der Waals surface area (Å²) < 4.78 is 4.38. The predicted molar refractivity (Wildman–Crippen MR) is 60.6 cm³/mol. The van der Waals surface area contributed by atoms with Crippen LogP contribution in [0.1, 0.15) is 22.9 Å². The van der Waals surface area contributed by atoms with Gasteiger partial charge in [-0.05, 0) is 18.1 Å². The zero-order chi connectivity index (χ0) is 12.3. The Kier molecular flexibility index (Phi) is 4.26. The summed E-state index contributed by atoms with van der Waals surface area (Å²) in [5.74, 6) is -0.511. The van der Waals surface area contributed by atoms with Crippen molar-refractivity contribution < 1.29 is 19.7 Å². The third-order valence-electron chi connectivity index (χ3n) is 2.07. The van der Waals surface area contributed by atoms with Gasteiger partial charge in [0.2, 0.25) is 0 Å². The fraction of sp³-hybridized carbons (Fsp3) is 0.300. The second-order valence-corrected chi connectivity index (χ2v) is 4.10. The smallest absolute Gasteiger partial charge is 0.504 e. The number of aryl methyl sites for hydroxylation is 1. The highest BCUT2D eigenvalue weighted by Crippen LogP contribution is 2.41. The first-order chi connectivity index (χ1) is 7.47. The summed E-state index contributed by atoms with van der Waals surface area (Å²) in [6.07, 6.45) is -0.891. The topological polar surface area (TPSA) is 66.8 Å². The molecule has 0 spiro atoms. The molecule has 2 N–H and O–H groups in total. The molecule has 1 rings (SSSR count). The van der Waals surface area contributed by atoms with Gasteiger partial charge in [0.1, 0.15) is 4.84 Å². The van der Waals surface area contributed by atoms with Gasteiger partial charge in [-0.2, -0.15) is 0 Å². The molecule has 0 aliphatic heterocycles. The number of halogens is 2. The fourth-order valence-electron chi connectivity index (χ4n) is 1.36. The Balaban J connectivity index is 3.26. The summed E-state index contributed by atoms with van der Waals surface area (Å²) in [6.45, 7) is 1.87. The van der Waals surface area contributed by atoms with E-state index < -0.39 is 11.0 Å². The van der Waals surface area contributed by atoms with E-state index >= 15 is 0 Å². The van der Waals surface area contributed by atoms with Gasteiger partial charge in [0.25, 0.3) is 0 Å². The van der Waals surface area contributed by atoms with Crippen molar-refractivity contribution in [3.63, 3.8) is 0 Å². The Hall–Kier alpha value is -1.13. The van der Waals surface area contributed by atoms with Crippen LogP contribution < -0.4 is 4.74 Å². The molecule has 1 aromatic carbocycles. The summed E-state index contributed by atoms with van der Waals surface area (Å²) in [5, 5.41) is 18.2. The normalized spacial score (nSPS) is 10.5. The van der Waals surface area contributed by atoms with Crippen molar-refractivity contribution in [2.75, 3.05) is 0 Å². The molecule has 0 unspecified atom stereocenters. The number of rotatable bonds is 3. The maximum Gasteiger partial charge on any atom is 0.511 e. The summed E-state index contributed by atoms with van der Waals surface area (Å²) in [6, 6.07) is 2.98. The Morgan fingerprint density at radius 3 is 2.56 bits per heavy atom. The molecule has 0 aromatic heterocycles. The van der Waals surface area contributed by atoms with Crippen molar-refractivity contribution in [2.45, 2.75) is 18.2 Å². The maximum atomic E-state index is 10.4. The number of carboxylic acid groups (broad SMARTS) is 1. The number of benzene rings is 1. The lowest BCUT2D eigenvalue weighted by Gasteiger charge is -2.13. The molecule has 0 bridgehead atoms. The third kappa shape index (κ3) is 2.71. The summed E-state index contributed by atoms with van der Waals surface area (Å²) in [4.78, 5) is 9.42. The van der Waals surface area contributed by atoms with Gasteiger partial charge in [0.15, 0.2) is 11.5 Å². The maximum absolute atomic E-state index is 10.4. The Labute approximate surface area is 102 Å². The quantitative estimate of drug-likeness (QED) is 0.498. The molecular weight excluding hydrogens is 255 g/mol. The second-order valence-electron chi connectivity index (χ2n) is 3.01. The van der Waals surface area contributed by atoms with Crippen molar-refractivity contribution in [2.24, 2.45) is 0 Å². The standard InChI is InChI=1S/C10H10Cl2O4/c1-2-5-3-4-6(16-10(14)15)8(13)7(5)9(11)12/h3-4,9,13H,2H2,1H3,(H,14,15). The molecule has 0 heterocycles. The number of hydrogen-bond donors (Lipinski definition) is 2. The minimum absolute atomic E-state index is 0.175. The van der Waals surface area contributed by atoms with E-state index in [-0.39, 0.29) is 17.1 Å². The molecule has 0 saturated heterocycles. The number of alkyl halides is 2.